The third-order valence-corrected chi connectivity index (χ3v) is 3.59. The van der Waals surface area contributed by atoms with Gasteiger partial charge in [0.25, 0.3) is 0 Å². The Bertz CT molecular complexity index is 409. The molecule has 0 saturated heterocycles. The molecule has 2 amide bonds. The largest absolute Gasteiger partial charge is 0.389 e. The normalized spacial score (nSPS) is 17.8. The van der Waals surface area contributed by atoms with E-state index in [1.807, 2.05) is 24.3 Å². The Morgan fingerprint density at radius 2 is 1.84 bits per heavy atom. The van der Waals surface area contributed by atoms with Crippen molar-refractivity contribution in [3.05, 3.63) is 29.8 Å². The highest BCUT2D eigenvalue weighted by molar-refractivity contribution is 5.89. The molecule has 0 spiro atoms. The van der Waals surface area contributed by atoms with Crippen molar-refractivity contribution >= 4 is 11.7 Å². The number of benzene rings is 1. The summed E-state index contributed by atoms with van der Waals surface area (Å²) in [6.45, 7) is 1.72. The summed E-state index contributed by atoms with van der Waals surface area (Å²) in [6, 6.07) is 7.43. The second-order valence-corrected chi connectivity index (χ2v) is 5.23. The first kappa shape index (κ1) is 13.9. The lowest BCUT2D eigenvalue weighted by Gasteiger charge is -2.22. The average molecular weight is 262 g/mol. The van der Waals surface area contributed by atoms with Gasteiger partial charge in [0, 0.05) is 11.7 Å². The summed E-state index contributed by atoms with van der Waals surface area (Å²) < 4.78 is 0. The van der Waals surface area contributed by atoms with E-state index >= 15 is 0 Å². The van der Waals surface area contributed by atoms with Gasteiger partial charge in [-0.1, -0.05) is 31.4 Å². The highest BCUT2D eigenvalue weighted by atomic mass is 16.3. The molecule has 1 aromatic rings. The Kier molecular flexibility index (Phi) is 4.80. The van der Waals surface area contributed by atoms with Crippen LogP contribution in [0.4, 0.5) is 10.5 Å². The van der Waals surface area contributed by atoms with Crippen LogP contribution in [0.5, 0.6) is 0 Å². The van der Waals surface area contributed by atoms with Gasteiger partial charge in [0.1, 0.15) is 0 Å². The molecular weight excluding hydrogens is 240 g/mol. The zero-order valence-corrected chi connectivity index (χ0v) is 11.4. The van der Waals surface area contributed by atoms with Crippen LogP contribution in [0.3, 0.4) is 0 Å². The molecule has 1 aromatic carbocycles. The van der Waals surface area contributed by atoms with Crippen LogP contribution in [-0.4, -0.2) is 17.2 Å². The molecule has 4 heteroatoms. The first-order chi connectivity index (χ1) is 9.15. The molecule has 2 rings (SSSR count). The van der Waals surface area contributed by atoms with Crippen LogP contribution < -0.4 is 10.6 Å². The van der Waals surface area contributed by atoms with Gasteiger partial charge in [-0.3, -0.25) is 0 Å². The maximum Gasteiger partial charge on any atom is 0.319 e. The number of rotatable bonds is 3. The first-order valence-corrected chi connectivity index (χ1v) is 7.00. The average Bonchev–Trinajstić information content (AvgIpc) is 2.40. The smallest absolute Gasteiger partial charge is 0.319 e. The Hall–Kier alpha value is -1.55. The maximum absolute atomic E-state index is 11.8. The van der Waals surface area contributed by atoms with Crippen LogP contribution >= 0.6 is 0 Å². The van der Waals surface area contributed by atoms with E-state index in [1.54, 1.807) is 6.92 Å². The van der Waals surface area contributed by atoms with Gasteiger partial charge in [0.2, 0.25) is 0 Å². The van der Waals surface area contributed by atoms with Gasteiger partial charge in [0.15, 0.2) is 0 Å². The second kappa shape index (κ2) is 6.57. The molecule has 19 heavy (non-hydrogen) atoms. The number of carbonyl (C=O) groups excluding carboxylic acids is 1. The fourth-order valence-electron chi connectivity index (χ4n) is 2.44. The maximum atomic E-state index is 11.8. The summed E-state index contributed by atoms with van der Waals surface area (Å²) >= 11 is 0. The second-order valence-electron chi connectivity index (χ2n) is 5.23. The number of anilines is 1. The third-order valence-electron chi connectivity index (χ3n) is 3.59. The van der Waals surface area contributed by atoms with Crippen molar-refractivity contribution in [1.29, 1.82) is 0 Å². The minimum atomic E-state index is -0.481. The van der Waals surface area contributed by atoms with Crippen LogP contribution in [0.2, 0.25) is 0 Å². The van der Waals surface area contributed by atoms with E-state index in [1.165, 1.54) is 19.3 Å². The Morgan fingerprint density at radius 1 is 1.21 bits per heavy atom. The number of nitrogens with one attached hydrogen (secondary N) is 2. The van der Waals surface area contributed by atoms with Crippen LogP contribution in [0.25, 0.3) is 0 Å². The van der Waals surface area contributed by atoms with Crippen molar-refractivity contribution in [3.63, 3.8) is 0 Å². The molecule has 1 saturated carbocycles. The molecule has 1 aliphatic rings. The number of aliphatic hydroxyl groups excluding tert-OH is 1. The molecule has 104 valence electrons. The van der Waals surface area contributed by atoms with Gasteiger partial charge in [-0.2, -0.15) is 0 Å². The minimum absolute atomic E-state index is 0.142. The molecule has 0 radical (unpaired) electrons. The van der Waals surface area contributed by atoms with Crippen LogP contribution in [-0.2, 0) is 0 Å². The number of urea groups is 1. The zero-order valence-electron chi connectivity index (χ0n) is 11.4. The number of amides is 2. The van der Waals surface area contributed by atoms with Crippen molar-refractivity contribution < 1.29 is 9.90 Å². The van der Waals surface area contributed by atoms with Gasteiger partial charge in [-0.15, -0.1) is 0 Å². The van der Waals surface area contributed by atoms with E-state index in [2.05, 4.69) is 10.6 Å². The van der Waals surface area contributed by atoms with Gasteiger partial charge >= 0.3 is 6.03 Å². The van der Waals surface area contributed by atoms with Crippen molar-refractivity contribution in [1.82, 2.24) is 5.32 Å². The summed E-state index contributed by atoms with van der Waals surface area (Å²) in [7, 11) is 0. The molecular formula is C15H22N2O2. The van der Waals surface area contributed by atoms with E-state index in [-0.39, 0.29) is 6.03 Å². The lowest BCUT2D eigenvalue weighted by molar-refractivity contribution is 0.199. The molecule has 1 fully saturated rings. The van der Waals surface area contributed by atoms with Crippen LogP contribution in [0.15, 0.2) is 24.3 Å². The molecule has 0 aromatic heterocycles. The topological polar surface area (TPSA) is 61.4 Å². The molecule has 3 N–H and O–H groups in total. The number of hydrogen-bond acceptors (Lipinski definition) is 2. The summed E-state index contributed by atoms with van der Waals surface area (Å²) in [6.07, 6.45) is 5.36. The lowest BCUT2D eigenvalue weighted by atomic mass is 9.96. The summed E-state index contributed by atoms with van der Waals surface area (Å²) in [4.78, 5) is 11.8. The molecule has 0 heterocycles. The Labute approximate surface area is 114 Å². The predicted molar refractivity (Wildman–Crippen MR) is 76.1 cm³/mol. The summed E-state index contributed by atoms with van der Waals surface area (Å²) in [5, 5.41) is 15.2. The summed E-state index contributed by atoms with van der Waals surface area (Å²) in [5.74, 6) is 0. The lowest BCUT2D eigenvalue weighted by Crippen LogP contribution is -2.38. The van der Waals surface area contributed by atoms with Crippen LogP contribution in [0.1, 0.15) is 50.7 Å². The molecule has 1 aliphatic carbocycles. The molecule has 4 nitrogen and oxygen atoms in total. The van der Waals surface area contributed by atoms with E-state index in [4.69, 9.17) is 0 Å². The van der Waals surface area contributed by atoms with E-state index in [0.717, 1.165) is 24.1 Å². The number of aliphatic hydroxyl groups is 1. The molecule has 0 aliphatic heterocycles. The predicted octanol–water partition coefficient (Wildman–Crippen LogP) is 3.19. The molecule has 1 unspecified atom stereocenters. The summed E-state index contributed by atoms with van der Waals surface area (Å²) in [5.41, 5.74) is 1.59. The third kappa shape index (κ3) is 4.24. The highest BCUT2D eigenvalue weighted by Crippen LogP contribution is 2.18. The van der Waals surface area contributed by atoms with E-state index < -0.39 is 6.10 Å². The van der Waals surface area contributed by atoms with Gasteiger partial charge in [-0.25, -0.2) is 4.79 Å². The first-order valence-electron chi connectivity index (χ1n) is 7.00. The van der Waals surface area contributed by atoms with E-state index in [9.17, 15) is 9.90 Å². The highest BCUT2D eigenvalue weighted by Gasteiger charge is 2.15. The SMILES string of the molecule is CC(O)c1ccc(NC(=O)NC2CCCCC2)cc1. The van der Waals surface area contributed by atoms with Crippen molar-refractivity contribution in [2.75, 3.05) is 5.32 Å². The Balaban J connectivity index is 1.84. The Morgan fingerprint density at radius 3 is 2.42 bits per heavy atom. The zero-order chi connectivity index (χ0) is 13.7. The number of carbonyl (C=O) groups is 1. The fraction of sp³-hybridized carbons (Fsp3) is 0.533. The van der Waals surface area contributed by atoms with Crippen LogP contribution in [0, 0.1) is 0 Å². The fourth-order valence-corrected chi connectivity index (χ4v) is 2.44. The van der Waals surface area contributed by atoms with Crippen molar-refractivity contribution in [2.24, 2.45) is 0 Å². The van der Waals surface area contributed by atoms with E-state index in [0.29, 0.717) is 6.04 Å². The van der Waals surface area contributed by atoms with Crippen molar-refractivity contribution in [3.8, 4) is 0 Å². The van der Waals surface area contributed by atoms with Crippen molar-refractivity contribution in [2.45, 2.75) is 51.2 Å². The number of hydrogen-bond donors (Lipinski definition) is 3. The monoisotopic (exact) mass is 262 g/mol. The molecule has 1 atom stereocenters. The minimum Gasteiger partial charge on any atom is -0.389 e. The van der Waals surface area contributed by atoms with Gasteiger partial charge in [-0.05, 0) is 37.5 Å². The van der Waals surface area contributed by atoms with Gasteiger partial charge in [0.05, 0.1) is 6.10 Å². The van der Waals surface area contributed by atoms with Gasteiger partial charge < -0.3 is 15.7 Å². The standard InChI is InChI=1S/C15H22N2O2/c1-11(18)12-7-9-14(10-8-12)17-15(19)16-13-5-3-2-4-6-13/h7-11,13,18H,2-6H2,1H3,(H2,16,17,19). The molecule has 0 bridgehead atoms. The quantitative estimate of drug-likeness (QED) is 0.783.